The molecule has 0 radical (unpaired) electrons. The van der Waals surface area contributed by atoms with Gasteiger partial charge in [0.2, 0.25) is 0 Å². The van der Waals surface area contributed by atoms with E-state index < -0.39 is 17.3 Å². The number of hydrogen-bond acceptors (Lipinski definition) is 2. The van der Waals surface area contributed by atoms with E-state index in [1.807, 2.05) is 91.0 Å². The highest BCUT2D eigenvalue weighted by Crippen LogP contribution is 2.41. The standard InChI is InChI=1S/C27H21BrF3NO/c28-18-25-24(27(29,30)31)17-16-23(32-25)19-33-26(20-10-4-1-5-11-20,21-12-6-2-7-13-21)22-14-8-3-9-15-22/h1-17H,18-19H2. The van der Waals surface area contributed by atoms with Gasteiger partial charge in [0.05, 0.1) is 23.6 Å². The van der Waals surface area contributed by atoms with Crippen LogP contribution in [-0.2, 0) is 28.5 Å². The maximum absolute atomic E-state index is 13.3. The fourth-order valence-electron chi connectivity index (χ4n) is 3.94. The number of benzene rings is 3. The molecule has 0 saturated carbocycles. The van der Waals surface area contributed by atoms with E-state index >= 15 is 0 Å². The highest BCUT2D eigenvalue weighted by molar-refractivity contribution is 9.08. The molecule has 0 atom stereocenters. The number of hydrogen-bond donors (Lipinski definition) is 0. The zero-order valence-corrected chi connectivity index (χ0v) is 19.2. The van der Waals surface area contributed by atoms with Gasteiger partial charge in [-0.2, -0.15) is 13.2 Å². The molecule has 4 aromatic rings. The minimum absolute atomic E-state index is 0.00309. The fourth-order valence-corrected chi connectivity index (χ4v) is 4.37. The largest absolute Gasteiger partial charge is 0.418 e. The maximum atomic E-state index is 13.3. The Hall–Kier alpha value is -2.96. The second-order valence-electron chi connectivity index (χ2n) is 7.50. The van der Waals surface area contributed by atoms with Crippen LogP contribution in [0.15, 0.2) is 103 Å². The first-order valence-electron chi connectivity index (χ1n) is 10.4. The van der Waals surface area contributed by atoms with Crippen LogP contribution in [0.25, 0.3) is 0 Å². The molecule has 33 heavy (non-hydrogen) atoms. The summed E-state index contributed by atoms with van der Waals surface area (Å²) in [6.45, 7) is 0.0246. The van der Waals surface area contributed by atoms with E-state index in [1.54, 1.807) is 0 Å². The third-order valence-electron chi connectivity index (χ3n) is 5.44. The van der Waals surface area contributed by atoms with Gasteiger partial charge in [0, 0.05) is 5.33 Å². The van der Waals surface area contributed by atoms with Crippen LogP contribution >= 0.6 is 15.9 Å². The quantitative estimate of drug-likeness (QED) is 0.189. The molecule has 0 N–H and O–H groups in total. The van der Waals surface area contributed by atoms with Gasteiger partial charge < -0.3 is 4.74 Å². The molecule has 0 aliphatic carbocycles. The number of ether oxygens (including phenoxy) is 1. The molecular weight excluding hydrogens is 491 g/mol. The monoisotopic (exact) mass is 511 g/mol. The molecule has 0 saturated heterocycles. The average molecular weight is 512 g/mol. The van der Waals surface area contributed by atoms with Gasteiger partial charge >= 0.3 is 6.18 Å². The van der Waals surface area contributed by atoms with Gasteiger partial charge in [-0.1, -0.05) is 107 Å². The van der Waals surface area contributed by atoms with Crippen LogP contribution in [0.1, 0.15) is 33.6 Å². The molecular formula is C27H21BrF3NO. The molecule has 2 nitrogen and oxygen atoms in total. The predicted octanol–water partition coefficient (Wildman–Crippen LogP) is 7.50. The Kier molecular flexibility index (Phi) is 6.96. The van der Waals surface area contributed by atoms with Gasteiger partial charge in [-0.3, -0.25) is 4.98 Å². The molecule has 0 aliphatic heterocycles. The van der Waals surface area contributed by atoms with Crippen LogP contribution in [0.3, 0.4) is 0 Å². The SMILES string of the molecule is FC(F)(F)c1ccc(COC(c2ccccc2)(c2ccccc2)c2ccccc2)nc1CBr. The predicted molar refractivity (Wildman–Crippen MR) is 126 cm³/mol. The summed E-state index contributed by atoms with van der Waals surface area (Å²) < 4.78 is 46.6. The van der Waals surface area contributed by atoms with Crippen LogP contribution < -0.4 is 0 Å². The topological polar surface area (TPSA) is 22.1 Å². The van der Waals surface area contributed by atoms with Crippen LogP contribution in [0.4, 0.5) is 13.2 Å². The Labute approximate surface area is 199 Å². The number of rotatable bonds is 7. The van der Waals surface area contributed by atoms with E-state index in [1.165, 1.54) is 6.07 Å². The molecule has 0 aliphatic rings. The Morgan fingerprint density at radius 3 is 1.52 bits per heavy atom. The third-order valence-corrected chi connectivity index (χ3v) is 5.97. The molecule has 0 unspecified atom stereocenters. The summed E-state index contributed by atoms with van der Waals surface area (Å²) >= 11 is 3.13. The normalized spacial score (nSPS) is 12.0. The van der Waals surface area contributed by atoms with Crippen LogP contribution in [0, 0.1) is 0 Å². The van der Waals surface area contributed by atoms with Crippen LogP contribution in [0.2, 0.25) is 0 Å². The molecule has 1 heterocycles. The molecule has 0 bridgehead atoms. The molecule has 168 valence electrons. The number of halogens is 4. The number of alkyl halides is 4. The van der Waals surface area contributed by atoms with Gasteiger partial charge in [0.15, 0.2) is 0 Å². The molecule has 4 rings (SSSR count). The lowest BCUT2D eigenvalue weighted by Gasteiger charge is -2.36. The Balaban J connectivity index is 1.82. The van der Waals surface area contributed by atoms with Crippen molar-refractivity contribution >= 4 is 15.9 Å². The van der Waals surface area contributed by atoms with Crippen LogP contribution in [0.5, 0.6) is 0 Å². The number of pyridine rings is 1. The summed E-state index contributed by atoms with van der Waals surface area (Å²) in [6.07, 6.45) is -4.46. The minimum atomic E-state index is -4.46. The van der Waals surface area contributed by atoms with Gasteiger partial charge in [-0.25, -0.2) is 0 Å². The lowest BCUT2D eigenvalue weighted by Crippen LogP contribution is -2.33. The number of nitrogens with zero attached hydrogens (tertiary/aromatic N) is 1. The zero-order valence-electron chi connectivity index (χ0n) is 17.6. The summed E-state index contributed by atoms with van der Waals surface area (Å²) in [7, 11) is 0. The first-order chi connectivity index (χ1) is 15.9. The van der Waals surface area contributed by atoms with E-state index in [-0.39, 0.29) is 17.6 Å². The van der Waals surface area contributed by atoms with Crippen molar-refractivity contribution in [3.05, 3.63) is 137 Å². The van der Waals surface area contributed by atoms with Crippen molar-refractivity contribution in [3.8, 4) is 0 Å². The van der Waals surface area contributed by atoms with Crippen molar-refractivity contribution in [1.29, 1.82) is 0 Å². The molecule has 6 heteroatoms. The summed E-state index contributed by atoms with van der Waals surface area (Å²) in [5.41, 5.74) is 1.38. The Morgan fingerprint density at radius 2 is 1.12 bits per heavy atom. The van der Waals surface area contributed by atoms with Gasteiger partial charge in [-0.05, 0) is 28.8 Å². The van der Waals surface area contributed by atoms with Crippen molar-refractivity contribution in [2.45, 2.75) is 23.7 Å². The summed E-state index contributed by atoms with van der Waals surface area (Å²) in [6, 6.07) is 31.8. The van der Waals surface area contributed by atoms with E-state index in [9.17, 15) is 13.2 Å². The second-order valence-corrected chi connectivity index (χ2v) is 8.06. The summed E-state index contributed by atoms with van der Waals surface area (Å²) in [5.74, 6) is 0. The first-order valence-corrected chi connectivity index (χ1v) is 11.5. The fraction of sp³-hybridized carbons (Fsp3) is 0.148. The van der Waals surface area contributed by atoms with Gasteiger partial charge in [-0.15, -0.1) is 0 Å². The lowest BCUT2D eigenvalue weighted by molar-refractivity contribution is -0.138. The molecule has 3 aromatic carbocycles. The van der Waals surface area contributed by atoms with Gasteiger partial charge in [0.1, 0.15) is 5.60 Å². The Bertz CT molecular complexity index is 1090. The van der Waals surface area contributed by atoms with Crippen molar-refractivity contribution < 1.29 is 17.9 Å². The highest BCUT2D eigenvalue weighted by atomic mass is 79.9. The highest BCUT2D eigenvalue weighted by Gasteiger charge is 2.38. The van der Waals surface area contributed by atoms with Crippen LogP contribution in [-0.4, -0.2) is 4.98 Å². The van der Waals surface area contributed by atoms with Gasteiger partial charge in [0.25, 0.3) is 0 Å². The summed E-state index contributed by atoms with van der Waals surface area (Å²) in [5, 5.41) is -0.00309. The maximum Gasteiger partial charge on any atom is 0.418 e. The van der Waals surface area contributed by atoms with E-state index in [4.69, 9.17) is 4.74 Å². The third kappa shape index (κ3) is 4.87. The lowest BCUT2D eigenvalue weighted by atomic mass is 9.80. The van der Waals surface area contributed by atoms with E-state index in [0.717, 1.165) is 22.8 Å². The molecule has 0 amide bonds. The second kappa shape index (κ2) is 9.89. The minimum Gasteiger partial charge on any atom is -0.355 e. The average Bonchev–Trinajstić information content (AvgIpc) is 2.85. The van der Waals surface area contributed by atoms with E-state index in [2.05, 4.69) is 20.9 Å². The van der Waals surface area contributed by atoms with Crippen molar-refractivity contribution in [1.82, 2.24) is 4.98 Å². The molecule has 1 aromatic heterocycles. The number of aromatic nitrogens is 1. The molecule has 0 spiro atoms. The van der Waals surface area contributed by atoms with Crippen molar-refractivity contribution in [2.24, 2.45) is 0 Å². The van der Waals surface area contributed by atoms with Crippen molar-refractivity contribution in [3.63, 3.8) is 0 Å². The first kappa shape index (κ1) is 23.2. The summed E-state index contributed by atoms with van der Waals surface area (Å²) in [4.78, 5) is 4.25. The smallest absolute Gasteiger partial charge is 0.355 e. The molecule has 0 fully saturated rings. The Morgan fingerprint density at radius 1 is 0.667 bits per heavy atom. The van der Waals surface area contributed by atoms with E-state index in [0.29, 0.717) is 5.69 Å². The van der Waals surface area contributed by atoms with Crippen molar-refractivity contribution in [2.75, 3.05) is 0 Å². The zero-order chi connectivity index (χ0) is 23.3.